The van der Waals surface area contributed by atoms with Crippen LogP contribution in [0.15, 0.2) is 30.7 Å². The van der Waals surface area contributed by atoms with Crippen molar-refractivity contribution in [2.45, 2.75) is 24.9 Å². The number of halogens is 2. The molecule has 0 unspecified atom stereocenters. The fourth-order valence-electron chi connectivity index (χ4n) is 2.01. The number of hydrogen-bond donors (Lipinski definition) is 1. The second-order valence-corrected chi connectivity index (χ2v) is 4.76. The molecule has 7 heteroatoms. The Hall–Kier alpha value is -2.31. The maximum atomic E-state index is 13.9. The smallest absolute Gasteiger partial charge is 0.262 e. The third-order valence-corrected chi connectivity index (χ3v) is 3.35. The highest BCUT2D eigenvalue weighted by Crippen LogP contribution is 2.36. The lowest BCUT2D eigenvalue weighted by Gasteiger charge is -2.31. The Morgan fingerprint density at radius 2 is 2.25 bits per heavy atom. The van der Waals surface area contributed by atoms with Crippen LogP contribution in [0.1, 0.15) is 19.3 Å². The van der Waals surface area contributed by atoms with Crippen molar-refractivity contribution in [3.63, 3.8) is 0 Å². The second-order valence-electron chi connectivity index (χ2n) is 4.76. The second kappa shape index (κ2) is 4.66. The van der Waals surface area contributed by atoms with E-state index in [-0.39, 0.29) is 18.7 Å². The van der Waals surface area contributed by atoms with Gasteiger partial charge in [-0.25, -0.2) is 18.4 Å². The molecule has 0 spiro atoms. The number of aromatic nitrogens is 3. The van der Waals surface area contributed by atoms with Crippen LogP contribution in [0.3, 0.4) is 0 Å². The van der Waals surface area contributed by atoms with Crippen molar-refractivity contribution < 1.29 is 13.6 Å². The minimum Gasteiger partial charge on any atom is -0.321 e. The summed E-state index contributed by atoms with van der Waals surface area (Å²) in [7, 11) is 0. The predicted octanol–water partition coefficient (Wildman–Crippen LogP) is 2.24. The zero-order valence-electron chi connectivity index (χ0n) is 10.5. The predicted molar refractivity (Wildman–Crippen MR) is 67.6 cm³/mol. The average Bonchev–Trinajstić information content (AvgIpc) is 2.84. The standard InChI is InChI=1S/C13H12F2N4O/c14-10-3-1-6-16-11(10)19-8-9(7-17-19)18-12(20)13(15)4-2-5-13/h1,3,6-8H,2,4-5H2,(H,18,20). The van der Waals surface area contributed by atoms with Crippen molar-refractivity contribution in [3.8, 4) is 5.82 Å². The molecule has 0 aromatic carbocycles. The van der Waals surface area contributed by atoms with Gasteiger partial charge in [0, 0.05) is 6.20 Å². The summed E-state index contributed by atoms with van der Waals surface area (Å²) in [5.74, 6) is -1.19. The van der Waals surface area contributed by atoms with Crippen LogP contribution in [0, 0.1) is 5.82 Å². The molecule has 0 atom stereocenters. The van der Waals surface area contributed by atoms with Gasteiger partial charge in [-0.05, 0) is 31.4 Å². The van der Waals surface area contributed by atoms with E-state index >= 15 is 0 Å². The van der Waals surface area contributed by atoms with Crippen molar-refractivity contribution in [2.24, 2.45) is 0 Å². The van der Waals surface area contributed by atoms with Gasteiger partial charge in [-0.3, -0.25) is 4.79 Å². The first-order chi connectivity index (χ1) is 9.58. The van der Waals surface area contributed by atoms with Gasteiger partial charge in [0.05, 0.1) is 18.1 Å². The minimum absolute atomic E-state index is 0.0200. The highest BCUT2D eigenvalue weighted by atomic mass is 19.1. The van der Waals surface area contributed by atoms with E-state index in [1.54, 1.807) is 0 Å². The molecule has 1 aliphatic carbocycles. The van der Waals surface area contributed by atoms with Crippen LogP contribution in [0.2, 0.25) is 0 Å². The molecule has 1 aliphatic rings. The van der Waals surface area contributed by atoms with Gasteiger partial charge in [-0.2, -0.15) is 5.10 Å². The van der Waals surface area contributed by atoms with Crippen LogP contribution in [0.25, 0.3) is 5.82 Å². The number of nitrogens with one attached hydrogen (secondary N) is 1. The normalized spacial score (nSPS) is 16.5. The van der Waals surface area contributed by atoms with Gasteiger partial charge in [-0.1, -0.05) is 0 Å². The molecule has 1 fully saturated rings. The molecule has 0 saturated heterocycles. The van der Waals surface area contributed by atoms with Crippen LogP contribution >= 0.6 is 0 Å². The van der Waals surface area contributed by atoms with Gasteiger partial charge in [0.1, 0.15) is 0 Å². The molecule has 1 saturated carbocycles. The summed E-state index contributed by atoms with van der Waals surface area (Å²) in [6.07, 6.45) is 5.34. The summed E-state index contributed by atoms with van der Waals surface area (Å²) in [5, 5.41) is 6.35. The quantitative estimate of drug-likeness (QED) is 0.936. The van der Waals surface area contributed by atoms with E-state index in [1.165, 1.54) is 35.4 Å². The number of carbonyl (C=O) groups excluding carboxylic acids is 1. The lowest BCUT2D eigenvalue weighted by molar-refractivity contribution is -0.132. The number of anilines is 1. The van der Waals surface area contributed by atoms with E-state index in [0.29, 0.717) is 12.1 Å². The Balaban J connectivity index is 1.77. The molecule has 3 rings (SSSR count). The Morgan fingerprint density at radius 3 is 2.90 bits per heavy atom. The molecular weight excluding hydrogens is 266 g/mol. The number of carbonyl (C=O) groups is 1. The Kier molecular flexibility index (Phi) is 2.96. The maximum Gasteiger partial charge on any atom is 0.262 e. The zero-order chi connectivity index (χ0) is 14.2. The summed E-state index contributed by atoms with van der Waals surface area (Å²) in [6.45, 7) is 0. The van der Waals surface area contributed by atoms with E-state index in [0.717, 1.165) is 0 Å². The summed E-state index contributed by atoms with van der Waals surface area (Å²) in [4.78, 5) is 15.6. The molecule has 5 nitrogen and oxygen atoms in total. The van der Waals surface area contributed by atoms with Crippen molar-refractivity contribution in [1.29, 1.82) is 0 Å². The van der Waals surface area contributed by atoms with Gasteiger partial charge in [-0.15, -0.1) is 0 Å². The van der Waals surface area contributed by atoms with Gasteiger partial charge >= 0.3 is 0 Å². The summed E-state index contributed by atoms with van der Waals surface area (Å²) in [6, 6.07) is 2.72. The number of pyridine rings is 1. The number of amides is 1. The maximum absolute atomic E-state index is 13.9. The third kappa shape index (κ3) is 2.15. The molecular formula is C13H12F2N4O. The van der Waals surface area contributed by atoms with Crippen molar-refractivity contribution in [2.75, 3.05) is 5.32 Å². The fraction of sp³-hybridized carbons (Fsp3) is 0.308. The lowest BCUT2D eigenvalue weighted by Crippen LogP contribution is -2.44. The number of nitrogens with zero attached hydrogens (tertiary/aromatic N) is 3. The molecule has 0 aliphatic heterocycles. The number of rotatable bonds is 3. The first-order valence-corrected chi connectivity index (χ1v) is 6.24. The molecule has 2 aromatic rings. The monoisotopic (exact) mass is 278 g/mol. The minimum atomic E-state index is -1.78. The highest BCUT2D eigenvalue weighted by Gasteiger charge is 2.44. The van der Waals surface area contributed by atoms with Gasteiger partial charge < -0.3 is 5.32 Å². The van der Waals surface area contributed by atoms with E-state index < -0.39 is 17.4 Å². The van der Waals surface area contributed by atoms with Gasteiger partial charge in [0.2, 0.25) is 0 Å². The third-order valence-electron chi connectivity index (χ3n) is 3.35. The van der Waals surface area contributed by atoms with E-state index in [1.807, 2.05) is 0 Å². The van der Waals surface area contributed by atoms with Crippen molar-refractivity contribution >= 4 is 11.6 Å². The average molecular weight is 278 g/mol. The van der Waals surface area contributed by atoms with Crippen LogP contribution in [-0.2, 0) is 4.79 Å². The number of hydrogen-bond acceptors (Lipinski definition) is 3. The van der Waals surface area contributed by atoms with E-state index in [4.69, 9.17) is 0 Å². The van der Waals surface area contributed by atoms with Crippen LogP contribution in [0.4, 0.5) is 14.5 Å². The molecule has 20 heavy (non-hydrogen) atoms. The Bertz CT molecular complexity index is 651. The van der Waals surface area contributed by atoms with Gasteiger partial charge in [0.25, 0.3) is 5.91 Å². The van der Waals surface area contributed by atoms with Crippen LogP contribution < -0.4 is 5.32 Å². The highest BCUT2D eigenvalue weighted by molar-refractivity contribution is 5.97. The fourth-order valence-corrected chi connectivity index (χ4v) is 2.01. The number of alkyl halides is 1. The summed E-state index contributed by atoms with van der Waals surface area (Å²) in [5.41, 5.74) is -1.47. The first-order valence-electron chi connectivity index (χ1n) is 6.24. The van der Waals surface area contributed by atoms with Crippen molar-refractivity contribution in [1.82, 2.24) is 14.8 Å². The molecule has 2 heterocycles. The lowest BCUT2D eigenvalue weighted by atomic mass is 9.81. The Morgan fingerprint density at radius 1 is 1.45 bits per heavy atom. The zero-order valence-corrected chi connectivity index (χ0v) is 10.5. The van der Waals surface area contributed by atoms with Crippen LogP contribution in [0.5, 0.6) is 0 Å². The van der Waals surface area contributed by atoms with E-state index in [2.05, 4.69) is 15.4 Å². The Labute approximate surface area is 113 Å². The molecule has 1 N–H and O–H groups in total. The van der Waals surface area contributed by atoms with Crippen LogP contribution in [-0.4, -0.2) is 26.3 Å². The SMILES string of the molecule is O=C(Nc1cnn(-c2ncccc2F)c1)C1(F)CCC1. The topological polar surface area (TPSA) is 59.8 Å². The molecule has 0 radical (unpaired) electrons. The molecule has 104 valence electrons. The van der Waals surface area contributed by atoms with Crippen molar-refractivity contribution in [3.05, 3.63) is 36.5 Å². The molecule has 0 bridgehead atoms. The summed E-state index contributed by atoms with van der Waals surface area (Å²) >= 11 is 0. The first kappa shape index (κ1) is 12.7. The summed E-state index contributed by atoms with van der Waals surface area (Å²) < 4.78 is 28.6. The largest absolute Gasteiger partial charge is 0.321 e. The van der Waals surface area contributed by atoms with E-state index in [9.17, 15) is 13.6 Å². The molecule has 1 amide bonds. The molecule has 2 aromatic heterocycles. The van der Waals surface area contributed by atoms with Gasteiger partial charge in [0.15, 0.2) is 17.3 Å².